The topological polar surface area (TPSA) is 0 Å². The van der Waals surface area contributed by atoms with Gasteiger partial charge in [-0.15, -0.1) is 0 Å². The van der Waals surface area contributed by atoms with Gasteiger partial charge in [0.25, 0.3) is 0 Å². The van der Waals surface area contributed by atoms with E-state index in [0.29, 0.717) is 22.8 Å². The van der Waals surface area contributed by atoms with Gasteiger partial charge in [-0.1, -0.05) is 173 Å². The first-order valence-corrected chi connectivity index (χ1v) is 21.7. The Morgan fingerprint density at radius 1 is 0.732 bits per heavy atom. The molecule has 0 aromatic heterocycles. The standard InChI is InChI=1S/C55H63Cl/c1-52(2,3)35-17-15-16-33-24-37(54(7,8)9)29-46(43(33)26-35)51-32-49-41-19-14-13-18-40(41)48(31-50(49)42-23-22-39(56)30-47(42)51)45-28-38(55(10,11)12)25-34-20-21-36(27-44(34)45)53(4,5)6/h13,15,17-18,20-27,29,31-32,38,40-42H,14,16,19,28H2,1-12H3. The Morgan fingerprint density at radius 3 is 2.18 bits per heavy atom. The van der Waals surface area contributed by atoms with Crippen molar-refractivity contribution in [3.63, 3.8) is 0 Å². The molecule has 0 saturated heterocycles. The summed E-state index contributed by atoms with van der Waals surface area (Å²) in [5, 5.41) is 3.52. The smallest absolute Gasteiger partial charge is 0.0824 e. The van der Waals surface area contributed by atoms with Crippen LogP contribution in [0.25, 0.3) is 23.3 Å². The summed E-state index contributed by atoms with van der Waals surface area (Å²) in [6.07, 6.45) is 28.8. The quantitative estimate of drug-likeness (QED) is 0.211. The average molecular weight is 760 g/mol. The van der Waals surface area contributed by atoms with Crippen molar-refractivity contribution < 1.29 is 0 Å². The molecule has 2 aromatic carbocycles. The second-order valence-corrected chi connectivity index (χ2v) is 22.0. The highest BCUT2D eigenvalue weighted by atomic mass is 35.5. The number of rotatable bonds is 2. The molecule has 2 aromatic rings. The first-order chi connectivity index (χ1) is 26.2. The monoisotopic (exact) mass is 758 g/mol. The van der Waals surface area contributed by atoms with E-state index in [0.717, 1.165) is 25.7 Å². The van der Waals surface area contributed by atoms with Crippen LogP contribution in [0.1, 0.15) is 130 Å². The molecule has 0 fully saturated rings. The molecular weight excluding hydrogens is 696 g/mol. The predicted octanol–water partition coefficient (Wildman–Crippen LogP) is 13.6. The molecule has 0 heterocycles. The summed E-state index contributed by atoms with van der Waals surface area (Å²) < 4.78 is 0. The van der Waals surface area contributed by atoms with Crippen LogP contribution in [0.5, 0.6) is 0 Å². The van der Waals surface area contributed by atoms with E-state index in [-0.39, 0.29) is 27.6 Å². The third-order valence-electron chi connectivity index (χ3n) is 13.5. The summed E-state index contributed by atoms with van der Waals surface area (Å²) in [7, 11) is 0. The number of allylic oxidation sites excluding steroid dienone is 14. The zero-order valence-corrected chi connectivity index (χ0v) is 36.9. The maximum absolute atomic E-state index is 6.95. The summed E-state index contributed by atoms with van der Waals surface area (Å²) in [5.74, 6) is 1.30. The van der Waals surface area contributed by atoms with Crippen molar-refractivity contribution in [2.24, 2.45) is 34.5 Å². The lowest BCUT2D eigenvalue weighted by atomic mass is 9.61. The zero-order valence-electron chi connectivity index (χ0n) is 36.2. The molecule has 1 heteroatoms. The molecule has 0 bridgehead atoms. The van der Waals surface area contributed by atoms with Crippen molar-refractivity contribution in [2.75, 3.05) is 0 Å². The SMILES string of the molecule is CC(C)(C)C1=Cc2c(cc(C(C)(C)C)cc2C2=CC3=C(C=C(C4=c5cc(C(C)(C)C)ccc5=CC(C(C)(C)C)C4)C4C=CCCC34)C3C=CC(Cl)=C=C23)CC=C1. The zero-order chi connectivity index (χ0) is 40.1. The summed E-state index contributed by atoms with van der Waals surface area (Å²) in [6.45, 7) is 28.3. The van der Waals surface area contributed by atoms with E-state index in [4.69, 9.17) is 11.6 Å². The molecule has 6 aliphatic carbocycles. The second kappa shape index (κ2) is 13.6. The Hall–Kier alpha value is -3.83. The molecule has 290 valence electrons. The summed E-state index contributed by atoms with van der Waals surface area (Å²) in [5.41, 5.74) is 20.8. The van der Waals surface area contributed by atoms with Gasteiger partial charge in [-0.05, 0) is 149 Å². The minimum atomic E-state index is 0.00814. The van der Waals surface area contributed by atoms with Gasteiger partial charge in [0, 0.05) is 17.4 Å². The van der Waals surface area contributed by atoms with Crippen LogP contribution < -0.4 is 10.4 Å². The molecule has 0 saturated carbocycles. The summed E-state index contributed by atoms with van der Waals surface area (Å²) in [4.78, 5) is 0. The van der Waals surface area contributed by atoms with Crippen molar-refractivity contribution in [3.05, 3.63) is 156 Å². The Labute approximate surface area is 343 Å². The molecule has 0 amide bonds. The maximum atomic E-state index is 6.95. The van der Waals surface area contributed by atoms with Crippen LogP contribution in [-0.2, 0) is 17.3 Å². The number of hydrogen-bond donors (Lipinski definition) is 0. The maximum Gasteiger partial charge on any atom is 0.0824 e. The van der Waals surface area contributed by atoms with Gasteiger partial charge >= 0.3 is 0 Å². The van der Waals surface area contributed by atoms with Crippen LogP contribution in [0.2, 0.25) is 0 Å². The third kappa shape index (κ3) is 7.05. The van der Waals surface area contributed by atoms with Gasteiger partial charge < -0.3 is 0 Å². The average Bonchev–Trinajstić information content (AvgIpc) is 3.35. The molecule has 0 N–H and O–H groups in total. The minimum absolute atomic E-state index is 0.00814. The fourth-order valence-corrected chi connectivity index (χ4v) is 10.0. The fraction of sp³-hybridized carbons (Fsp3) is 0.436. The van der Waals surface area contributed by atoms with Crippen molar-refractivity contribution in [2.45, 2.75) is 120 Å². The molecule has 4 atom stereocenters. The molecule has 8 rings (SSSR count). The Kier molecular flexibility index (Phi) is 9.50. The van der Waals surface area contributed by atoms with Gasteiger partial charge in [-0.3, -0.25) is 0 Å². The lowest BCUT2D eigenvalue weighted by Gasteiger charge is -2.42. The van der Waals surface area contributed by atoms with Gasteiger partial charge in [-0.2, -0.15) is 0 Å². The summed E-state index contributed by atoms with van der Waals surface area (Å²) >= 11 is 6.95. The van der Waals surface area contributed by atoms with Gasteiger partial charge in [0.1, 0.15) is 0 Å². The normalized spacial score (nSPS) is 24.7. The summed E-state index contributed by atoms with van der Waals surface area (Å²) in [6, 6.07) is 12.3. The molecule has 0 aliphatic heterocycles. The van der Waals surface area contributed by atoms with Crippen LogP contribution in [0.3, 0.4) is 0 Å². The van der Waals surface area contributed by atoms with E-state index in [2.05, 4.69) is 180 Å². The number of benzene rings is 2. The van der Waals surface area contributed by atoms with E-state index in [1.54, 1.807) is 5.57 Å². The van der Waals surface area contributed by atoms with Gasteiger partial charge in [0.2, 0.25) is 0 Å². The molecular formula is C55H63Cl. The second-order valence-electron chi connectivity index (χ2n) is 21.6. The Balaban J connectivity index is 1.42. The van der Waals surface area contributed by atoms with Crippen LogP contribution in [0.4, 0.5) is 0 Å². The first kappa shape index (κ1) is 39.0. The molecule has 0 spiro atoms. The molecule has 0 nitrogen and oxygen atoms in total. The minimum Gasteiger partial charge on any atom is -0.0954 e. The highest BCUT2D eigenvalue weighted by molar-refractivity contribution is 6.31. The molecule has 4 unspecified atom stereocenters. The third-order valence-corrected chi connectivity index (χ3v) is 13.7. The number of hydrogen-bond acceptors (Lipinski definition) is 0. The van der Waals surface area contributed by atoms with Crippen molar-refractivity contribution in [3.8, 4) is 0 Å². The van der Waals surface area contributed by atoms with Crippen LogP contribution >= 0.6 is 11.6 Å². The molecule has 0 radical (unpaired) electrons. The number of halogens is 1. The van der Waals surface area contributed by atoms with Crippen LogP contribution in [0, 0.1) is 34.5 Å². The lowest BCUT2D eigenvalue weighted by Crippen LogP contribution is -2.39. The predicted molar refractivity (Wildman–Crippen MR) is 243 cm³/mol. The van der Waals surface area contributed by atoms with Gasteiger partial charge in [-0.25, -0.2) is 0 Å². The van der Waals surface area contributed by atoms with Crippen LogP contribution in [0.15, 0.2) is 118 Å². The van der Waals surface area contributed by atoms with Crippen molar-refractivity contribution in [1.29, 1.82) is 0 Å². The highest BCUT2D eigenvalue weighted by Gasteiger charge is 2.41. The van der Waals surface area contributed by atoms with E-state index >= 15 is 0 Å². The first-order valence-electron chi connectivity index (χ1n) is 21.3. The van der Waals surface area contributed by atoms with E-state index < -0.39 is 0 Å². The van der Waals surface area contributed by atoms with E-state index in [9.17, 15) is 0 Å². The van der Waals surface area contributed by atoms with Crippen LogP contribution in [-0.4, -0.2) is 0 Å². The molecule has 6 aliphatic rings. The van der Waals surface area contributed by atoms with Gasteiger partial charge in [0.15, 0.2) is 0 Å². The largest absolute Gasteiger partial charge is 0.0954 e. The number of fused-ring (bicyclic) bond motifs is 6. The van der Waals surface area contributed by atoms with Crippen molar-refractivity contribution in [1.82, 2.24) is 0 Å². The fourth-order valence-electron chi connectivity index (χ4n) is 9.84. The Morgan fingerprint density at radius 2 is 1.48 bits per heavy atom. The van der Waals surface area contributed by atoms with E-state index in [1.807, 2.05) is 0 Å². The lowest BCUT2D eigenvalue weighted by molar-refractivity contribution is 0.311. The highest BCUT2D eigenvalue weighted by Crippen LogP contribution is 2.54. The molecule has 56 heavy (non-hydrogen) atoms. The van der Waals surface area contributed by atoms with E-state index in [1.165, 1.54) is 71.7 Å². The van der Waals surface area contributed by atoms with Crippen molar-refractivity contribution >= 4 is 34.9 Å². The Bertz CT molecular complexity index is 2440. The van der Waals surface area contributed by atoms with Gasteiger partial charge in [0.05, 0.1) is 5.03 Å².